The molecule has 0 spiro atoms. The van der Waals surface area contributed by atoms with Crippen LogP contribution < -0.4 is 10.6 Å². The predicted octanol–water partition coefficient (Wildman–Crippen LogP) is 1.33. The molecule has 106 valence electrons. The van der Waals surface area contributed by atoms with Crippen LogP contribution in [0.2, 0.25) is 5.02 Å². The summed E-state index contributed by atoms with van der Waals surface area (Å²) in [6.07, 6.45) is 0.728. The molecule has 1 unspecified atom stereocenters. The van der Waals surface area contributed by atoms with E-state index in [2.05, 4.69) is 10.6 Å². The fraction of sp³-hybridized carbons (Fsp3) is 0.286. The van der Waals surface area contributed by atoms with Gasteiger partial charge in [0.05, 0.1) is 6.10 Å². The third-order valence-electron chi connectivity index (χ3n) is 2.42. The number of rotatable bonds is 6. The molecule has 1 rings (SSSR count). The van der Waals surface area contributed by atoms with Gasteiger partial charge in [0.2, 0.25) is 0 Å². The summed E-state index contributed by atoms with van der Waals surface area (Å²) in [5.41, 5.74) is 0.717. The highest BCUT2D eigenvalue weighted by Gasteiger charge is 2.09. The van der Waals surface area contributed by atoms with Gasteiger partial charge in [0.25, 0.3) is 5.91 Å². The molecule has 0 bridgehead atoms. The number of benzene rings is 1. The van der Waals surface area contributed by atoms with Gasteiger partial charge in [0, 0.05) is 24.3 Å². The van der Waals surface area contributed by atoms with Crippen LogP contribution in [0, 0.1) is 11.3 Å². The van der Waals surface area contributed by atoms with Crippen molar-refractivity contribution in [1.82, 2.24) is 10.6 Å². The first kappa shape index (κ1) is 16.0. The van der Waals surface area contributed by atoms with Crippen molar-refractivity contribution in [3.05, 3.63) is 46.6 Å². The van der Waals surface area contributed by atoms with Gasteiger partial charge in [-0.15, -0.1) is 0 Å². The maximum Gasteiger partial charge on any atom is 0.263 e. The normalized spacial score (nSPS) is 12.4. The number of nitrogens with zero attached hydrogens (tertiary/aromatic N) is 1. The van der Waals surface area contributed by atoms with Gasteiger partial charge in [-0.05, 0) is 18.6 Å². The van der Waals surface area contributed by atoms with E-state index in [4.69, 9.17) is 22.0 Å². The number of nitrogens with one attached hydrogen (secondary N) is 2. The van der Waals surface area contributed by atoms with Gasteiger partial charge in [-0.2, -0.15) is 5.26 Å². The number of amides is 1. The van der Waals surface area contributed by atoms with E-state index in [1.54, 1.807) is 31.2 Å². The van der Waals surface area contributed by atoms with E-state index in [0.717, 1.165) is 5.56 Å². The zero-order valence-electron chi connectivity index (χ0n) is 11.1. The van der Waals surface area contributed by atoms with Crippen LogP contribution in [0.15, 0.2) is 36.0 Å². The molecule has 0 saturated carbocycles. The number of hydrogen-bond acceptors (Lipinski definition) is 4. The smallest absolute Gasteiger partial charge is 0.263 e. The second-order valence-corrected chi connectivity index (χ2v) is 4.61. The van der Waals surface area contributed by atoms with Crippen LogP contribution >= 0.6 is 11.6 Å². The van der Waals surface area contributed by atoms with Crippen molar-refractivity contribution in [3.63, 3.8) is 0 Å². The maximum atomic E-state index is 11.8. The first-order valence-corrected chi connectivity index (χ1v) is 6.45. The Labute approximate surface area is 122 Å². The second-order valence-electron chi connectivity index (χ2n) is 4.20. The van der Waals surface area contributed by atoms with E-state index in [-0.39, 0.29) is 18.7 Å². The van der Waals surface area contributed by atoms with Crippen LogP contribution in [0.25, 0.3) is 0 Å². The average molecular weight is 294 g/mol. The lowest BCUT2D eigenvalue weighted by Crippen LogP contribution is -2.26. The Morgan fingerprint density at radius 1 is 1.55 bits per heavy atom. The van der Waals surface area contributed by atoms with Gasteiger partial charge in [-0.3, -0.25) is 4.79 Å². The quantitative estimate of drug-likeness (QED) is 0.546. The number of carbonyl (C=O) groups is 1. The van der Waals surface area contributed by atoms with Gasteiger partial charge in [-0.25, -0.2) is 0 Å². The predicted molar refractivity (Wildman–Crippen MR) is 76.7 cm³/mol. The summed E-state index contributed by atoms with van der Waals surface area (Å²) < 4.78 is 0. The Morgan fingerprint density at radius 2 is 2.25 bits per heavy atom. The maximum absolute atomic E-state index is 11.8. The fourth-order valence-electron chi connectivity index (χ4n) is 1.39. The highest BCUT2D eigenvalue weighted by atomic mass is 35.5. The van der Waals surface area contributed by atoms with Gasteiger partial charge in [0.15, 0.2) is 0 Å². The summed E-state index contributed by atoms with van der Waals surface area (Å²) in [7, 11) is 0. The fourth-order valence-corrected chi connectivity index (χ4v) is 1.60. The highest BCUT2D eigenvalue weighted by molar-refractivity contribution is 6.31. The molecule has 0 fully saturated rings. The third-order valence-corrected chi connectivity index (χ3v) is 2.79. The Morgan fingerprint density at radius 3 is 2.85 bits per heavy atom. The van der Waals surface area contributed by atoms with Crippen LogP contribution in [0.3, 0.4) is 0 Å². The molecule has 1 amide bonds. The number of aliphatic hydroxyl groups is 1. The first-order valence-electron chi connectivity index (χ1n) is 6.08. The summed E-state index contributed by atoms with van der Waals surface area (Å²) >= 11 is 5.97. The number of hydrogen-bond donors (Lipinski definition) is 3. The minimum Gasteiger partial charge on any atom is -0.392 e. The molecule has 20 heavy (non-hydrogen) atoms. The largest absolute Gasteiger partial charge is 0.392 e. The number of carbonyl (C=O) groups excluding carboxylic acids is 1. The summed E-state index contributed by atoms with van der Waals surface area (Å²) in [5, 5.41) is 23.9. The summed E-state index contributed by atoms with van der Waals surface area (Å²) in [5.74, 6) is -0.495. The second kappa shape index (κ2) is 8.20. The lowest BCUT2D eigenvalue weighted by Gasteiger charge is -2.07. The molecule has 1 aromatic carbocycles. The molecular formula is C14H16ClN3O2. The number of nitriles is 1. The summed E-state index contributed by atoms with van der Waals surface area (Å²) in [6, 6.07) is 8.94. The van der Waals surface area contributed by atoms with Crippen LogP contribution in [-0.4, -0.2) is 23.7 Å². The van der Waals surface area contributed by atoms with E-state index < -0.39 is 12.0 Å². The SMILES string of the molecule is CC(O)CN/C=C(/C#N)C(=O)NCc1ccccc1Cl. The zero-order chi connectivity index (χ0) is 15.0. The molecule has 0 heterocycles. The molecule has 3 N–H and O–H groups in total. The van der Waals surface area contributed by atoms with E-state index in [9.17, 15) is 4.79 Å². The molecule has 0 aliphatic carbocycles. The van der Waals surface area contributed by atoms with Gasteiger partial charge < -0.3 is 15.7 Å². The van der Waals surface area contributed by atoms with Crippen molar-refractivity contribution in [1.29, 1.82) is 5.26 Å². The Hall–Kier alpha value is -2.03. The van der Waals surface area contributed by atoms with Crippen molar-refractivity contribution in [3.8, 4) is 6.07 Å². The molecule has 0 aliphatic rings. The van der Waals surface area contributed by atoms with E-state index in [0.29, 0.717) is 5.02 Å². The van der Waals surface area contributed by atoms with Gasteiger partial charge >= 0.3 is 0 Å². The minimum absolute atomic E-state index is 0.0577. The molecule has 0 aliphatic heterocycles. The van der Waals surface area contributed by atoms with E-state index in [1.165, 1.54) is 6.20 Å². The van der Waals surface area contributed by atoms with E-state index >= 15 is 0 Å². The molecule has 1 atom stereocenters. The lowest BCUT2D eigenvalue weighted by molar-refractivity contribution is -0.117. The Bertz CT molecular complexity index is 535. The Kier molecular flexibility index (Phi) is 6.57. The van der Waals surface area contributed by atoms with Crippen molar-refractivity contribution in [2.45, 2.75) is 19.6 Å². The number of aliphatic hydroxyl groups excluding tert-OH is 1. The van der Waals surface area contributed by atoms with Crippen molar-refractivity contribution in [2.24, 2.45) is 0 Å². The number of halogens is 1. The molecule has 1 aromatic rings. The topological polar surface area (TPSA) is 85.2 Å². The summed E-state index contributed by atoms with van der Waals surface area (Å²) in [4.78, 5) is 11.8. The zero-order valence-corrected chi connectivity index (χ0v) is 11.8. The van der Waals surface area contributed by atoms with Crippen LogP contribution in [0.5, 0.6) is 0 Å². The lowest BCUT2D eigenvalue weighted by atomic mass is 10.2. The minimum atomic E-state index is -0.558. The van der Waals surface area contributed by atoms with Crippen LogP contribution in [0.1, 0.15) is 12.5 Å². The first-order chi connectivity index (χ1) is 9.54. The molecule has 5 nitrogen and oxygen atoms in total. The molecule has 0 aromatic heterocycles. The Balaban J connectivity index is 2.56. The van der Waals surface area contributed by atoms with Gasteiger partial charge in [0.1, 0.15) is 11.6 Å². The van der Waals surface area contributed by atoms with Crippen LogP contribution in [-0.2, 0) is 11.3 Å². The summed E-state index contributed by atoms with van der Waals surface area (Å²) in [6.45, 7) is 2.11. The van der Waals surface area contributed by atoms with Crippen LogP contribution in [0.4, 0.5) is 0 Å². The van der Waals surface area contributed by atoms with Crippen molar-refractivity contribution < 1.29 is 9.90 Å². The molecule has 0 radical (unpaired) electrons. The standard InChI is InChI=1S/C14H16ClN3O2/c1-10(19)7-17-8-12(6-16)14(20)18-9-11-4-2-3-5-13(11)15/h2-5,8,10,17,19H,7,9H2,1H3,(H,18,20)/b12-8-. The van der Waals surface area contributed by atoms with E-state index in [1.807, 2.05) is 6.07 Å². The molecular weight excluding hydrogens is 278 g/mol. The van der Waals surface area contributed by atoms with Crippen molar-refractivity contribution in [2.75, 3.05) is 6.54 Å². The molecule has 6 heteroatoms. The van der Waals surface area contributed by atoms with Gasteiger partial charge in [-0.1, -0.05) is 29.8 Å². The molecule has 0 saturated heterocycles. The third kappa shape index (κ3) is 5.31. The van der Waals surface area contributed by atoms with Crippen molar-refractivity contribution >= 4 is 17.5 Å². The highest BCUT2D eigenvalue weighted by Crippen LogP contribution is 2.14. The average Bonchev–Trinajstić information content (AvgIpc) is 2.42. The monoisotopic (exact) mass is 293 g/mol.